The maximum Gasteiger partial charge on any atom is 0.244 e. The number of methoxy groups -OCH3 is 1. The molecule has 0 saturated carbocycles. The SMILES string of the molecule is COc1ccccc1S(=O)(=O)NCCSCc1ccccc1F. The minimum atomic E-state index is -3.62. The quantitative estimate of drug-likeness (QED) is 0.740. The van der Waals surface area contributed by atoms with Crippen LogP contribution in [0.2, 0.25) is 0 Å². The van der Waals surface area contributed by atoms with E-state index in [9.17, 15) is 12.8 Å². The summed E-state index contributed by atoms with van der Waals surface area (Å²) < 4.78 is 45.5. The van der Waals surface area contributed by atoms with Gasteiger partial charge in [0.2, 0.25) is 10.0 Å². The fourth-order valence-electron chi connectivity index (χ4n) is 1.96. The van der Waals surface area contributed by atoms with Gasteiger partial charge in [0.15, 0.2) is 0 Å². The molecule has 2 aromatic carbocycles. The predicted octanol–water partition coefficient (Wildman–Crippen LogP) is 3.05. The summed E-state index contributed by atoms with van der Waals surface area (Å²) in [5.41, 5.74) is 0.616. The van der Waals surface area contributed by atoms with Gasteiger partial charge in [-0.3, -0.25) is 0 Å². The Balaban J connectivity index is 1.85. The molecule has 4 nitrogen and oxygen atoms in total. The van der Waals surface area contributed by atoms with Gasteiger partial charge in [0.25, 0.3) is 0 Å². The third kappa shape index (κ3) is 4.95. The van der Waals surface area contributed by atoms with E-state index in [-0.39, 0.29) is 17.3 Å². The van der Waals surface area contributed by atoms with Gasteiger partial charge in [-0.1, -0.05) is 30.3 Å². The zero-order chi connectivity index (χ0) is 16.7. The van der Waals surface area contributed by atoms with Crippen molar-refractivity contribution < 1.29 is 17.5 Å². The van der Waals surface area contributed by atoms with Crippen LogP contribution in [0.3, 0.4) is 0 Å². The second kappa shape index (κ2) is 8.33. The largest absolute Gasteiger partial charge is 0.495 e. The number of halogens is 1. The molecule has 2 rings (SSSR count). The Labute approximate surface area is 140 Å². The van der Waals surface area contributed by atoms with Crippen molar-refractivity contribution in [3.8, 4) is 5.75 Å². The highest BCUT2D eigenvalue weighted by atomic mass is 32.2. The Kier molecular flexibility index (Phi) is 6.44. The average molecular weight is 355 g/mol. The molecule has 23 heavy (non-hydrogen) atoms. The van der Waals surface area contributed by atoms with Crippen LogP contribution in [0.4, 0.5) is 4.39 Å². The van der Waals surface area contributed by atoms with Crippen molar-refractivity contribution in [2.45, 2.75) is 10.6 Å². The van der Waals surface area contributed by atoms with Crippen molar-refractivity contribution in [3.05, 3.63) is 59.9 Å². The van der Waals surface area contributed by atoms with Gasteiger partial charge < -0.3 is 4.74 Å². The lowest BCUT2D eigenvalue weighted by atomic mass is 10.2. The van der Waals surface area contributed by atoms with Crippen molar-refractivity contribution in [2.75, 3.05) is 19.4 Å². The maximum absolute atomic E-state index is 13.5. The number of nitrogens with one attached hydrogen (secondary N) is 1. The fourth-order valence-corrected chi connectivity index (χ4v) is 4.14. The summed E-state index contributed by atoms with van der Waals surface area (Å²) in [4.78, 5) is 0.113. The molecule has 0 aliphatic rings. The molecule has 0 bridgehead atoms. The van der Waals surface area contributed by atoms with Gasteiger partial charge in [0.1, 0.15) is 16.5 Å². The molecule has 0 aromatic heterocycles. The number of benzene rings is 2. The van der Waals surface area contributed by atoms with Gasteiger partial charge in [-0.25, -0.2) is 17.5 Å². The molecule has 2 aromatic rings. The minimum absolute atomic E-state index is 0.113. The average Bonchev–Trinajstić information content (AvgIpc) is 2.56. The lowest BCUT2D eigenvalue weighted by Crippen LogP contribution is -2.26. The molecular formula is C16H18FNO3S2. The van der Waals surface area contributed by atoms with Gasteiger partial charge in [-0.2, -0.15) is 11.8 Å². The lowest BCUT2D eigenvalue weighted by molar-refractivity contribution is 0.402. The van der Waals surface area contributed by atoms with Crippen molar-refractivity contribution in [2.24, 2.45) is 0 Å². The molecule has 0 atom stereocenters. The summed E-state index contributed by atoms with van der Waals surface area (Å²) in [7, 11) is -2.19. The first kappa shape index (κ1) is 17.8. The first-order chi connectivity index (χ1) is 11.0. The number of hydrogen-bond acceptors (Lipinski definition) is 4. The van der Waals surface area contributed by atoms with Crippen LogP contribution in [0, 0.1) is 5.82 Å². The third-order valence-corrected chi connectivity index (χ3v) is 5.62. The normalized spacial score (nSPS) is 11.4. The molecule has 0 aliphatic heterocycles. The molecule has 0 spiro atoms. The van der Waals surface area contributed by atoms with Crippen LogP contribution >= 0.6 is 11.8 Å². The van der Waals surface area contributed by atoms with E-state index in [0.29, 0.717) is 22.8 Å². The first-order valence-electron chi connectivity index (χ1n) is 6.98. The zero-order valence-corrected chi connectivity index (χ0v) is 14.3. The van der Waals surface area contributed by atoms with E-state index in [1.54, 1.807) is 36.4 Å². The topological polar surface area (TPSA) is 55.4 Å². The van der Waals surface area contributed by atoms with Crippen molar-refractivity contribution in [1.82, 2.24) is 4.72 Å². The number of sulfonamides is 1. The van der Waals surface area contributed by atoms with E-state index in [4.69, 9.17) is 4.74 Å². The van der Waals surface area contributed by atoms with Crippen LogP contribution in [0.1, 0.15) is 5.56 Å². The molecule has 7 heteroatoms. The van der Waals surface area contributed by atoms with Gasteiger partial charge >= 0.3 is 0 Å². The van der Waals surface area contributed by atoms with Crippen molar-refractivity contribution in [3.63, 3.8) is 0 Å². The molecule has 0 aliphatic carbocycles. The summed E-state index contributed by atoms with van der Waals surface area (Å²) in [5, 5.41) is 0. The van der Waals surface area contributed by atoms with Crippen molar-refractivity contribution >= 4 is 21.8 Å². The highest BCUT2D eigenvalue weighted by Crippen LogP contribution is 2.22. The summed E-state index contributed by atoms with van der Waals surface area (Å²) in [6.07, 6.45) is 0. The van der Waals surface area contributed by atoms with Gasteiger partial charge in [-0.05, 0) is 23.8 Å². The number of ether oxygens (including phenoxy) is 1. The molecule has 0 heterocycles. The molecular weight excluding hydrogens is 337 g/mol. The van der Waals surface area contributed by atoms with Crippen molar-refractivity contribution in [1.29, 1.82) is 0 Å². The minimum Gasteiger partial charge on any atom is -0.495 e. The lowest BCUT2D eigenvalue weighted by Gasteiger charge is -2.10. The van der Waals surface area contributed by atoms with Crippen LogP contribution in [0.5, 0.6) is 5.75 Å². The van der Waals surface area contributed by atoms with E-state index in [2.05, 4.69) is 4.72 Å². The van der Waals surface area contributed by atoms with Gasteiger partial charge in [0, 0.05) is 18.1 Å². The number of thioether (sulfide) groups is 1. The van der Waals surface area contributed by atoms with Crippen LogP contribution < -0.4 is 9.46 Å². The van der Waals surface area contributed by atoms with Gasteiger partial charge in [-0.15, -0.1) is 0 Å². The molecule has 0 radical (unpaired) electrons. The smallest absolute Gasteiger partial charge is 0.244 e. The Morgan fingerprint density at radius 1 is 1.13 bits per heavy atom. The Hall–Kier alpha value is -1.57. The van der Waals surface area contributed by atoms with Crippen LogP contribution in [0.15, 0.2) is 53.4 Å². The highest BCUT2D eigenvalue weighted by molar-refractivity contribution is 7.98. The second-order valence-electron chi connectivity index (χ2n) is 4.69. The summed E-state index contributed by atoms with van der Waals surface area (Å²) >= 11 is 1.47. The summed E-state index contributed by atoms with van der Waals surface area (Å²) in [5.74, 6) is 1.11. The Bertz CT molecular complexity index is 750. The van der Waals surface area contributed by atoms with E-state index < -0.39 is 10.0 Å². The third-order valence-electron chi connectivity index (χ3n) is 3.11. The van der Waals surface area contributed by atoms with Crippen LogP contribution in [-0.2, 0) is 15.8 Å². The van der Waals surface area contributed by atoms with Gasteiger partial charge in [0.05, 0.1) is 7.11 Å². The molecule has 0 fully saturated rings. The standard InChI is InChI=1S/C16H18FNO3S2/c1-21-15-8-4-5-9-16(15)23(19,20)18-10-11-22-12-13-6-2-3-7-14(13)17/h2-9,18H,10-12H2,1H3. The Morgan fingerprint density at radius 2 is 1.83 bits per heavy atom. The number of para-hydroxylation sites is 1. The van der Waals surface area contributed by atoms with Crippen LogP contribution in [0.25, 0.3) is 0 Å². The Morgan fingerprint density at radius 3 is 2.57 bits per heavy atom. The fraction of sp³-hybridized carbons (Fsp3) is 0.250. The second-order valence-corrected chi connectivity index (χ2v) is 7.53. The maximum atomic E-state index is 13.5. The molecule has 0 unspecified atom stereocenters. The van der Waals surface area contributed by atoms with E-state index in [1.165, 1.54) is 31.0 Å². The molecule has 1 N–H and O–H groups in total. The monoisotopic (exact) mass is 355 g/mol. The van der Waals surface area contributed by atoms with Crippen LogP contribution in [-0.4, -0.2) is 27.8 Å². The van der Waals surface area contributed by atoms with E-state index in [0.717, 1.165) is 0 Å². The number of hydrogen-bond donors (Lipinski definition) is 1. The predicted molar refractivity (Wildman–Crippen MR) is 90.7 cm³/mol. The molecule has 124 valence electrons. The summed E-state index contributed by atoms with van der Waals surface area (Å²) in [6, 6.07) is 13.0. The molecule has 0 amide bonds. The van der Waals surface area contributed by atoms with E-state index in [1.807, 2.05) is 0 Å². The number of rotatable bonds is 8. The highest BCUT2D eigenvalue weighted by Gasteiger charge is 2.18. The molecule has 0 saturated heterocycles. The van der Waals surface area contributed by atoms with E-state index >= 15 is 0 Å². The zero-order valence-electron chi connectivity index (χ0n) is 12.7. The first-order valence-corrected chi connectivity index (χ1v) is 9.62. The summed E-state index contributed by atoms with van der Waals surface area (Å²) in [6.45, 7) is 0.263.